The van der Waals surface area contributed by atoms with Crippen LogP contribution in [0.5, 0.6) is 23.3 Å². The molecule has 3 rings (SSSR count). The smallest absolute Gasteiger partial charge is 0.336 e. The van der Waals surface area contributed by atoms with Crippen LogP contribution in [-0.2, 0) is 0 Å². The summed E-state index contributed by atoms with van der Waals surface area (Å²) in [5, 5.41) is 15.6. The molecular weight excluding hydrogens is 432 g/mol. The summed E-state index contributed by atoms with van der Waals surface area (Å²) in [4.78, 5) is 28.5. The Hall–Kier alpha value is -4.15. The molecule has 11 nitrogen and oxygen atoms in total. The summed E-state index contributed by atoms with van der Waals surface area (Å²) < 4.78 is 22.8. The Labute approximate surface area is 190 Å². The average Bonchev–Trinajstić information content (AvgIpc) is 3.20. The monoisotopic (exact) mass is 456 g/mol. The van der Waals surface area contributed by atoms with Crippen LogP contribution >= 0.6 is 0 Å². The molecule has 0 bridgehead atoms. The molecule has 0 unspecified atom stereocenters. The molecule has 0 radical (unpaired) electrons. The number of hydrogen-bond donors (Lipinski definition) is 0. The molecule has 0 fully saturated rings. The molecule has 0 amide bonds. The van der Waals surface area contributed by atoms with Crippen molar-refractivity contribution in [2.45, 2.75) is 26.9 Å². The first-order valence-corrected chi connectivity index (χ1v) is 9.94. The molecule has 0 saturated heterocycles. The second kappa shape index (κ2) is 9.55. The molecule has 1 aromatic heterocycles. The number of nitro benzene ring substituents is 1. The van der Waals surface area contributed by atoms with Gasteiger partial charge in [-0.25, -0.2) is 0 Å². The second-order valence-electron chi connectivity index (χ2n) is 7.27. The molecule has 0 saturated carbocycles. The number of hydrogen-bond acceptors (Lipinski definition) is 9. The third-order valence-electron chi connectivity index (χ3n) is 4.70. The number of aryl methyl sites for hydroxylation is 1. The van der Waals surface area contributed by atoms with E-state index in [1.807, 2.05) is 0 Å². The highest BCUT2D eigenvalue weighted by Crippen LogP contribution is 2.41. The van der Waals surface area contributed by atoms with E-state index in [9.17, 15) is 14.9 Å². The molecule has 33 heavy (non-hydrogen) atoms. The van der Waals surface area contributed by atoms with Crippen molar-refractivity contribution in [3.63, 3.8) is 0 Å². The van der Waals surface area contributed by atoms with Crippen LogP contribution in [0.1, 0.15) is 29.8 Å². The largest absolute Gasteiger partial charge is 0.493 e. The van der Waals surface area contributed by atoms with Gasteiger partial charge in [0.1, 0.15) is 0 Å². The summed E-state index contributed by atoms with van der Waals surface area (Å²) in [7, 11) is 4.41. The highest BCUT2D eigenvalue weighted by atomic mass is 16.6. The molecule has 0 N–H and O–H groups in total. The van der Waals surface area contributed by atoms with E-state index in [-0.39, 0.29) is 29.2 Å². The van der Waals surface area contributed by atoms with Crippen molar-refractivity contribution in [1.29, 1.82) is 0 Å². The lowest BCUT2D eigenvalue weighted by Crippen LogP contribution is -2.16. The molecule has 0 spiro atoms. The van der Waals surface area contributed by atoms with Gasteiger partial charge in [0, 0.05) is 22.8 Å². The number of benzene rings is 2. The van der Waals surface area contributed by atoms with Gasteiger partial charge in [0.15, 0.2) is 17.3 Å². The topological polar surface area (TPSA) is 128 Å². The lowest BCUT2D eigenvalue weighted by molar-refractivity contribution is -0.385. The maximum Gasteiger partial charge on any atom is 0.336 e. The highest BCUT2D eigenvalue weighted by molar-refractivity contribution is 5.98. The van der Waals surface area contributed by atoms with E-state index in [0.717, 1.165) is 4.68 Å². The van der Waals surface area contributed by atoms with Crippen molar-refractivity contribution < 1.29 is 28.7 Å². The molecule has 1 heterocycles. The molecule has 2 aromatic carbocycles. The number of ether oxygens (including phenoxy) is 4. The number of carbonyl (C=O) groups excluding carboxylic acids is 1. The SMILES string of the molecule is COc1cc(-c2nc(OC(C)C)nn2C(=O)c2ccc(C)c([N+](=O)[O-])c2)cc(OC)c1OC. The normalized spacial score (nSPS) is 10.8. The van der Waals surface area contributed by atoms with Crippen LogP contribution in [0.15, 0.2) is 30.3 Å². The van der Waals surface area contributed by atoms with Crippen LogP contribution in [-0.4, -0.2) is 53.0 Å². The van der Waals surface area contributed by atoms with Crippen molar-refractivity contribution in [1.82, 2.24) is 14.8 Å². The molecule has 0 aliphatic heterocycles. The predicted molar refractivity (Wildman–Crippen MR) is 118 cm³/mol. The number of carbonyl (C=O) groups is 1. The van der Waals surface area contributed by atoms with Crippen LogP contribution in [0, 0.1) is 17.0 Å². The summed E-state index contributed by atoms with van der Waals surface area (Å²) in [6, 6.07) is 7.42. The average molecular weight is 456 g/mol. The molecule has 3 aromatic rings. The minimum atomic E-state index is -0.618. The van der Waals surface area contributed by atoms with Gasteiger partial charge in [0.25, 0.3) is 11.6 Å². The molecule has 11 heteroatoms. The van der Waals surface area contributed by atoms with Gasteiger partial charge in [-0.15, -0.1) is 5.10 Å². The molecule has 0 atom stereocenters. The second-order valence-corrected chi connectivity index (χ2v) is 7.27. The van der Waals surface area contributed by atoms with Crippen LogP contribution < -0.4 is 18.9 Å². The van der Waals surface area contributed by atoms with Gasteiger partial charge in [-0.2, -0.15) is 9.67 Å². The van der Waals surface area contributed by atoms with Crippen molar-refractivity contribution >= 4 is 11.6 Å². The third-order valence-corrected chi connectivity index (χ3v) is 4.70. The Kier molecular flexibility index (Phi) is 6.80. The van der Waals surface area contributed by atoms with Crippen molar-refractivity contribution in [2.24, 2.45) is 0 Å². The fourth-order valence-corrected chi connectivity index (χ4v) is 3.15. The minimum absolute atomic E-state index is 0.0243. The first kappa shape index (κ1) is 23.5. The molecular formula is C22H24N4O7. The van der Waals surface area contributed by atoms with Gasteiger partial charge < -0.3 is 18.9 Å². The van der Waals surface area contributed by atoms with Gasteiger partial charge in [-0.3, -0.25) is 14.9 Å². The number of rotatable bonds is 8. The van der Waals surface area contributed by atoms with E-state index in [2.05, 4.69) is 10.1 Å². The van der Waals surface area contributed by atoms with Crippen LogP contribution in [0.25, 0.3) is 11.4 Å². The van der Waals surface area contributed by atoms with E-state index in [1.165, 1.54) is 39.5 Å². The third kappa shape index (κ3) is 4.71. The van der Waals surface area contributed by atoms with Crippen molar-refractivity contribution in [2.75, 3.05) is 21.3 Å². The quantitative estimate of drug-likeness (QED) is 0.368. The fraction of sp³-hybridized carbons (Fsp3) is 0.318. The Balaban J connectivity index is 2.20. The summed E-state index contributed by atoms with van der Waals surface area (Å²) in [6.07, 6.45) is -0.246. The summed E-state index contributed by atoms with van der Waals surface area (Å²) >= 11 is 0. The molecule has 0 aliphatic rings. The zero-order valence-corrected chi connectivity index (χ0v) is 19.1. The maximum absolute atomic E-state index is 13.4. The van der Waals surface area contributed by atoms with E-state index >= 15 is 0 Å². The van der Waals surface area contributed by atoms with Crippen LogP contribution in [0.4, 0.5) is 5.69 Å². The van der Waals surface area contributed by atoms with E-state index in [1.54, 1.807) is 32.9 Å². The van der Waals surface area contributed by atoms with E-state index in [4.69, 9.17) is 18.9 Å². The Morgan fingerprint density at radius 1 is 1.06 bits per heavy atom. The lowest BCUT2D eigenvalue weighted by atomic mass is 10.1. The first-order chi connectivity index (χ1) is 15.7. The lowest BCUT2D eigenvalue weighted by Gasteiger charge is -2.14. The number of methoxy groups -OCH3 is 3. The van der Waals surface area contributed by atoms with Gasteiger partial charge in [-0.1, -0.05) is 6.07 Å². The minimum Gasteiger partial charge on any atom is -0.493 e. The van der Waals surface area contributed by atoms with E-state index < -0.39 is 10.8 Å². The zero-order valence-electron chi connectivity index (χ0n) is 19.1. The standard InChI is InChI=1S/C22H24N4O7/c1-12(2)33-22-23-20(15-10-17(30-4)19(32-6)18(11-15)31-5)25(24-22)21(27)14-8-7-13(3)16(9-14)26(28)29/h7-12H,1-6H3. The maximum atomic E-state index is 13.4. The number of nitro groups is 1. The van der Waals surface area contributed by atoms with E-state index in [0.29, 0.717) is 28.4 Å². The van der Waals surface area contributed by atoms with Crippen LogP contribution in [0.3, 0.4) is 0 Å². The van der Waals surface area contributed by atoms with Gasteiger partial charge in [0.05, 0.1) is 32.4 Å². The first-order valence-electron chi connectivity index (χ1n) is 9.94. The fourth-order valence-electron chi connectivity index (χ4n) is 3.15. The van der Waals surface area contributed by atoms with Gasteiger partial charge >= 0.3 is 6.01 Å². The van der Waals surface area contributed by atoms with Crippen LogP contribution in [0.2, 0.25) is 0 Å². The number of aromatic nitrogens is 3. The number of nitrogens with zero attached hydrogens (tertiary/aromatic N) is 4. The van der Waals surface area contributed by atoms with Gasteiger partial charge in [-0.05, 0) is 39.0 Å². The van der Waals surface area contributed by atoms with Gasteiger partial charge in [0.2, 0.25) is 5.75 Å². The summed E-state index contributed by atoms with van der Waals surface area (Å²) in [5.74, 6) is 0.595. The molecule has 0 aliphatic carbocycles. The zero-order chi connectivity index (χ0) is 24.3. The Morgan fingerprint density at radius 3 is 2.21 bits per heavy atom. The molecule has 174 valence electrons. The summed E-state index contributed by atoms with van der Waals surface area (Å²) in [6.45, 7) is 5.19. The Bertz CT molecular complexity index is 1180. The Morgan fingerprint density at radius 2 is 1.70 bits per heavy atom. The van der Waals surface area contributed by atoms with Crippen molar-refractivity contribution in [3.8, 4) is 34.6 Å². The summed E-state index contributed by atoms with van der Waals surface area (Å²) in [5.41, 5.74) is 0.769. The predicted octanol–water partition coefficient (Wildman–Crippen LogP) is 3.66. The highest BCUT2D eigenvalue weighted by Gasteiger charge is 2.25. The van der Waals surface area contributed by atoms with Crippen molar-refractivity contribution in [3.05, 3.63) is 51.6 Å².